The van der Waals surface area contributed by atoms with Gasteiger partial charge in [0.15, 0.2) is 16.6 Å². The first-order valence-electron chi connectivity index (χ1n) is 18.6. The van der Waals surface area contributed by atoms with Gasteiger partial charge < -0.3 is 18.7 Å². The Balaban J connectivity index is 1.95. The van der Waals surface area contributed by atoms with Gasteiger partial charge in [-0.15, -0.1) is 0 Å². The highest BCUT2D eigenvalue weighted by Gasteiger charge is 2.51. The van der Waals surface area contributed by atoms with Crippen molar-refractivity contribution >= 4 is 16.6 Å². The molecule has 0 amide bonds. The highest BCUT2D eigenvalue weighted by atomic mass is 28.4. The Morgan fingerprint density at radius 2 is 1.54 bits per heavy atom. The summed E-state index contributed by atoms with van der Waals surface area (Å²) in [6.07, 6.45) is 14.9. The van der Waals surface area contributed by atoms with Crippen LogP contribution in [0.15, 0.2) is 35.5 Å². The molecule has 6 heteroatoms. The highest BCUT2D eigenvalue weighted by molar-refractivity contribution is 6.74. The van der Waals surface area contributed by atoms with Crippen LogP contribution in [0.25, 0.3) is 0 Å². The van der Waals surface area contributed by atoms with Gasteiger partial charge >= 0.3 is 0 Å². The monoisotopic (exact) mass is 675 g/mol. The predicted molar refractivity (Wildman–Crippen MR) is 202 cm³/mol. The van der Waals surface area contributed by atoms with E-state index in [0.29, 0.717) is 17.3 Å². The van der Waals surface area contributed by atoms with E-state index < -0.39 is 22.2 Å². The molecule has 0 aromatic carbocycles. The van der Waals surface area contributed by atoms with Crippen molar-refractivity contribution in [2.75, 3.05) is 7.11 Å². The molecule has 3 saturated carbocycles. The lowest BCUT2D eigenvalue weighted by Gasteiger charge is -2.48. The van der Waals surface area contributed by atoms with Crippen molar-refractivity contribution in [1.82, 2.24) is 0 Å². The normalized spacial score (nSPS) is 32.7. The first-order chi connectivity index (χ1) is 20.8. The fourth-order valence-electron chi connectivity index (χ4n) is 8.31. The van der Waals surface area contributed by atoms with Crippen LogP contribution in [0.2, 0.25) is 36.3 Å². The molecule has 266 valence electrons. The standard InChI is InChI=1S/C40H74O4Si2/c1-28(19-17-25-39(9,10)41)32-23-24-33-30(20-18-26-40(32,33)11)21-22-31-29(2)34(43-45(13,14)37(3,4)5)27-35(36(31)42-12)44-46(15,16)38(6,7)8/h21-22,28,32-36,41H,2,17-20,23-27H2,1,3-16H3/b30-21+,31-22+/t28-,32-,33-,34+,35+,36-,40-/m1/s1. The predicted octanol–water partition coefficient (Wildman–Crippen LogP) is 11.4. The van der Waals surface area contributed by atoms with Crippen molar-refractivity contribution in [1.29, 1.82) is 0 Å². The van der Waals surface area contributed by atoms with E-state index in [1.807, 2.05) is 21.0 Å². The Morgan fingerprint density at radius 1 is 0.957 bits per heavy atom. The smallest absolute Gasteiger partial charge is 0.192 e. The molecule has 0 aromatic rings. The van der Waals surface area contributed by atoms with E-state index >= 15 is 0 Å². The van der Waals surface area contributed by atoms with Crippen LogP contribution in [0.3, 0.4) is 0 Å². The molecule has 3 aliphatic carbocycles. The topological polar surface area (TPSA) is 47.9 Å². The minimum atomic E-state index is -2.06. The summed E-state index contributed by atoms with van der Waals surface area (Å²) in [6, 6.07) is 0. The number of aliphatic hydroxyl groups is 1. The molecule has 7 atom stereocenters. The molecule has 0 spiro atoms. The lowest BCUT2D eigenvalue weighted by molar-refractivity contribution is -0.0153. The molecule has 4 nitrogen and oxygen atoms in total. The zero-order chi connectivity index (χ0) is 35.1. The van der Waals surface area contributed by atoms with E-state index in [4.69, 9.17) is 20.2 Å². The minimum Gasteiger partial charge on any atom is -0.411 e. The van der Waals surface area contributed by atoms with Gasteiger partial charge in [0, 0.05) is 13.5 Å². The molecule has 3 aliphatic rings. The number of methoxy groups -OCH3 is 1. The van der Waals surface area contributed by atoms with E-state index in [1.54, 1.807) is 5.57 Å². The largest absolute Gasteiger partial charge is 0.411 e. The Kier molecular flexibility index (Phi) is 12.5. The SMILES string of the molecule is C=C1/C(=C\C=C2/CCC[C@@]3(C)[C@@H]2CC[C@@H]3[C@H](C)CCCC(C)(C)O)[C@@H](OC)[C@@H](O[Si](C)(C)C(C)(C)C)C[C@@H]1O[Si](C)(C)C(C)(C)C. The minimum absolute atomic E-state index is 0.0620. The second-order valence-corrected chi connectivity index (χ2v) is 28.9. The molecule has 3 fully saturated rings. The first kappa shape index (κ1) is 39.9. The molecule has 0 bridgehead atoms. The molecular formula is C40H74O4Si2. The number of ether oxygens (including phenoxy) is 1. The Morgan fingerprint density at radius 3 is 2.09 bits per heavy atom. The van der Waals surface area contributed by atoms with E-state index in [2.05, 4.69) is 93.7 Å². The van der Waals surface area contributed by atoms with Gasteiger partial charge in [0.05, 0.1) is 17.8 Å². The molecular weight excluding hydrogens is 601 g/mol. The van der Waals surface area contributed by atoms with Gasteiger partial charge in [0.1, 0.15) is 6.10 Å². The van der Waals surface area contributed by atoms with Crippen molar-refractivity contribution < 1.29 is 18.7 Å². The molecule has 3 rings (SSSR count). The zero-order valence-corrected chi connectivity index (χ0v) is 34.9. The van der Waals surface area contributed by atoms with E-state index in [9.17, 15) is 5.11 Å². The number of hydrogen-bond donors (Lipinski definition) is 1. The fourth-order valence-corrected chi connectivity index (χ4v) is 10.9. The van der Waals surface area contributed by atoms with Crippen molar-refractivity contribution in [3.63, 3.8) is 0 Å². The Bertz CT molecular complexity index is 1120. The second kappa shape index (κ2) is 14.4. The first-order valence-corrected chi connectivity index (χ1v) is 24.4. The maximum Gasteiger partial charge on any atom is 0.192 e. The van der Waals surface area contributed by atoms with Gasteiger partial charge in [-0.25, -0.2) is 0 Å². The van der Waals surface area contributed by atoms with Crippen LogP contribution in [-0.4, -0.2) is 52.8 Å². The maximum absolute atomic E-state index is 10.3. The van der Waals surface area contributed by atoms with Gasteiger partial charge in [-0.05, 0) is 123 Å². The number of allylic oxidation sites excluding steroid dienone is 3. The summed E-state index contributed by atoms with van der Waals surface area (Å²) < 4.78 is 20.6. The Hall–Kier alpha value is -0.506. The third-order valence-corrected chi connectivity index (χ3v) is 22.2. The van der Waals surface area contributed by atoms with Crippen LogP contribution in [0, 0.1) is 23.2 Å². The lowest BCUT2D eigenvalue weighted by atomic mass is 9.60. The highest BCUT2D eigenvalue weighted by Crippen LogP contribution is 2.60. The van der Waals surface area contributed by atoms with Crippen molar-refractivity contribution in [3.05, 3.63) is 35.5 Å². The molecule has 46 heavy (non-hydrogen) atoms. The summed E-state index contributed by atoms with van der Waals surface area (Å²) in [4.78, 5) is 0. The summed E-state index contributed by atoms with van der Waals surface area (Å²) in [5, 5.41) is 10.5. The molecule has 0 heterocycles. The molecule has 0 aliphatic heterocycles. The average molecular weight is 675 g/mol. The number of rotatable bonds is 11. The van der Waals surface area contributed by atoms with Crippen LogP contribution >= 0.6 is 0 Å². The van der Waals surface area contributed by atoms with Crippen LogP contribution in [0.5, 0.6) is 0 Å². The van der Waals surface area contributed by atoms with Gasteiger partial charge in [-0.2, -0.15) is 0 Å². The van der Waals surface area contributed by atoms with Crippen molar-refractivity contribution in [2.24, 2.45) is 23.2 Å². The van der Waals surface area contributed by atoms with Crippen molar-refractivity contribution in [2.45, 2.75) is 187 Å². The van der Waals surface area contributed by atoms with Crippen LogP contribution in [0.4, 0.5) is 0 Å². The molecule has 1 N–H and O–H groups in total. The summed E-state index contributed by atoms with van der Waals surface area (Å²) >= 11 is 0. The van der Waals surface area contributed by atoms with Gasteiger partial charge in [-0.3, -0.25) is 0 Å². The zero-order valence-electron chi connectivity index (χ0n) is 32.9. The van der Waals surface area contributed by atoms with Crippen LogP contribution < -0.4 is 0 Å². The van der Waals surface area contributed by atoms with E-state index in [0.717, 1.165) is 36.3 Å². The number of fused-ring (bicyclic) bond motifs is 1. The van der Waals surface area contributed by atoms with Crippen LogP contribution in [-0.2, 0) is 13.6 Å². The summed E-state index contributed by atoms with van der Waals surface area (Å²) in [5.74, 6) is 2.07. The second-order valence-electron chi connectivity index (χ2n) is 19.3. The third-order valence-electron chi connectivity index (χ3n) is 13.2. The van der Waals surface area contributed by atoms with Crippen LogP contribution in [0.1, 0.15) is 127 Å². The van der Waals surface area contributed by atoms with E-state index in [-0.39, 0.29) is 28.4 Å². The summed E-state index contributed by atoms with van der Waals surface area (Å²) in [5.41, 5.74) is 3.64. The fraction of sp³-hybridized carbons (Fsp3) is 0.850. The average Bonchev–Trinajstić information content (AvgIpc) is 3.24. The Labute approximate surface area is 287 Å². The van der Waals surface area contributed by atoms with Crippen molar-refractivity contribution in [3.8, 4) is 0 Å². The quantitative estimate of drug-likeness (QED) is 0.222. The van der Waals surface area contributed by atoms with Gasteiger partial charge in [0.2, 0.25) is 0 Å². The maximum atomic E-state index is 10.3. The summed E-state index contributed by atoms with van der Waals surface area (Å²) in [6.45, 7) is 36.9. The molecule has 0 aromatic heterocycles. The van der Waals surface area contributed by atoms with Gasteiger partial charge in [0.25, 0.3) is 0 Å². The molecule has 0 unspecified atom stereocenters. The molecule has 0 radical (unpaired) electrons. The van der Waals surface area contributed by atoms with Gasteiger partial charge in [-0.1, -0.05) is 92.5 Å². The number of hydrogen-bond acceptors (Lipinski definition) is 4. The summed E-state index contributed by atoms with van der Waals surface area (Å²) in [7, 11) is -2.26. The molecule has 0 saturated heterocycles. The third kappa shape index (κ3) is 8.98. The lowest BCUT2D eigenvalue weighted by Crippen LogP contribution is -2.53. The van der Waals surface area contributed by atoms with E-state index in [1.165, 1.54) is 38.5 Å².